The van der Waals surface area contributed by atoms with E-state index in [9.17, 15) is 0 Å². The number of fused-ring (bicyclic) bond motifs is 2. The van der Waals surface area contributed by atoms with E-state index in [1.165, 1.54) is 5.56 Å². The van der Waals surface area contributed by atoms with Gasteiger partial charge in [0.05, 0.1) is 0 Å². The van der Waals surface area contributed by atoms with Crippen LogP contribution < -0.4 is 4.74 Å². The molecule has 1 nitrogen and oxygen atoms in total. The number of benzene rings is 3. The second-order valence-electron chi connectivity index (χ2n) is 4.52. The average molecular weight is 332 g/mol. The molecule has 19 heavy (non-hydrogen) atoms. The molecule has 0 aromatic heterocycles. The molecule has 0 bridgehead atoms. The van der Waals surface area contributed by atoms with Crippen molar-refractivity contribution >= 4 is 38.3 Å². The van der Waals surface area contributed by atoms with Crippen LogP contribution in [0.2, 0.25) is 5.02 Å². The van der Waals surface area contributed by atoms with E-state index in [2.05, 4.69) is 34.1 Å². The quantitative estimate of drug-likeness (QED) is 0.382. The van der Waals surface area contributed by atoms with E-state index < -0.39 is 0 Å². The SMILES string of the molecule is Clc1ccc2c(c1)Oc1ccc(Br)c3cccc-2c13. The van der Waals surface area contributed by atoms with Gasteiger partial charge in [-0.15, -0.1) is 0 Å². The Balaban J connectivity index is 2.17. The maximum absolute atomic E-state index is 6.04. The largest absolute Gasteiger partial charge is 0.456 e. The Morgan fingerprint density at radius 1 is 0.895 bits per heavy atom. The summed E-state index contributed by atoms with van der Waals surface area (Å²) in [7, 11) is 0. The minimum Gasteiger partial charge on any atom is -0.456 e. The maximum atomic E-state index is 6.04. The third-order valence-corrected chi connectivity index (χ3v) is 4.33. The monoisotopic (exact) mass is 330 g/mol. The van der Waals surface area contributed by atoms with E-state index in [0.717, 1.165) is 32.3 Å². The van der Waals surface area contributed by atoms with Gasteiger partial charge in [-0.05, 0) is 29.8 Å². The van der Waals surface area contributed by atoms with Gasteiger partial charge in [-0.1, -0.05) is 45.7 Å². The van der Waals surface area contributed by atoms with Gasteiger partial charge in [0.1, 0.15) is 11.5 Å². The number of hydrogen-bond acceptors (Lipinski definition) is 1. The molecule has 3 heteroatoms. The summed E-state index contributed by atoms with van der Waals surface area (Å²) in [5.74, 6) is 1.69. The van der Waals surface area contributed by atoms with Crippen molar-refractivity contribution in [2.24, 2.45) is 0 Å². The fourth-order valence-electron chi connectivity index (χ4n) is 2.57. The van der Waals surface area contributed by atoms with Gasteiger partial charge >= 0.3 is 0 Å². The van der Waals surface area contributed by atoms with Crippen molar-refractivity contribution in [3.05, 3.63) is 58.0 Å². The molecule has 0 atom stereocenters. The van der Waals surface area contributed by atoms with Crippen LogP contribution in [0.3, 0.4) is 0 Å². The standard InChI is InChI=1S/C16H8BrClO/c17-13-6-7-14-16-11(2-1-3-12(13)16)10-5-4-9(18)8-15(10)19-14/h1-8H. The van der Waals surface area contributed by atoms with Crippen molar-refractivity contribution < 1.29 is 4.74 Å². The van der Waals surface area contributed by atoms with E-state index >= 15 is 0 Å². The lowest BCUT2D eigenvalue weighted by Crippen LogP contribution is -1.97. The topological polar surface area (TPSA) is 9.23 Å². The van der Waals surface area contributed by atoms with E-state index in [1.54, 1.807) is 0 Å². The first-order valence-corrected chi connectivity index (χ1v) is 7.10. The minimum atomic E-state index is 0.687. The fourth-order valence-corrected chi connectivity index (χ4v) is 3.19. The first kappa shape index (κ1) is 11.3. The van der Waals surface area contributed by atoms with Crippen LogP contribution in [0.4, 0.5) is 0 Å². The summed E-state index contributed by atoms with van der Waals surface area (Å²) in [6.45, 7) is 0. The van der Waals surface area contributed by atoms with Crippen molar-refractivity contribution in [3.63, 3.8) is 0 Å². The third-order valence-electron chi connectivity index (χ3n) is 3.40. The van der Waals surface area contributed by atoms with Gasteiger partial charge in [0.25, 0.3) is 0 Å². The smallest absolute Gasteiger partial charge is 0.136 e. The summed E-state index contributed by atoms with van der Waals surface area (Å²) in [4.78, 5) is 0. The molecule has 92 valence electrons. The summed E-state index contributed by atoms with van der Waals surface area (Å²) < 4.78 is 7.06. The lowest BCUT2D eigenvalue weighted by atomic mass is 9.95. The van der Waals surface area contributed by atoms with E-state index in [4.69, 9.17) is 16.3 Å². The Kier molecular flexibility index (Phi) is 2.38. The van der Waals surface area contributed by atoms with Gasteiger partial charge in [-0.2, -0.15) is 0 Å². The van der Waals surface area contributed by atoms with Gasteiger partial charge in [0.15, 0.2) is 0 Å². The van der Waals surface area contributed by atoms with Gasteiger partial charge < -0.3 is 4.74 Å². The first-order valence-electron chi connectivity index (χ1n) is 5.93. The van der Waals surface area contributed by atoms with Crippen LogP contribution in [-0.2, 0) is 0 Å². The molecule has 3 aromatic rings. The Bertz CT molecular complexity index is 826. The average Bonchev–Trinajstić information content (AvgIpc) is 2.42. The first-order chi connectivity index (χ1) is 9.24. The van der Waals surface area contributed by atoms with Crippen LogP contribution in [0.15, 0.2) is 53.0 Å². The highest BCUT2D eigenvalue weighted by molar-refractivity contribution is 9.10. The lowest BCUT2D eigenvalue weighted by molar-refractivity contribution is 0.487. The molecule has 3 aromatic carbocycles. The normalized spacial score (nSPS) is 12.1. The van der Waals surface area contributed by atoms with Crippen molar-refractivity contribution in [2.75, 3.05) is 0 Å². The maximum Gasteiger partial charge on any atom is 0.136 e. The predicted octanol–water partition coefficient (Wildman–Crippen LogP) is 6.03. The second kappa shape index (κ2) is 3.99. The highest BCUT2D eigenvalue weighted by Crippen LogP contribution is 2.48. The molecule has 4 rings (SSSR count). The summed E-state index contributed by atoms with van der Waals surface area (Å²) in [6.07, 6.45) is 0. The van der Waals surface area contributed by atoms with E-state index in [-0.39, 0.29) is 0 Å². The molecule has 1 aliphatic heterocycles. The molecule has 0 aliphatic carbocycles. The van der Waals surface area contributed by atoms with Gasteiger partial charge in [0, 0.05) is 31.9 Å². The highest BCUT2D eigenvalue weighted by Gasteiger charge is 2.20. The molecule has 0 spiro atoms. The zero-order valence-electron chi connectivity index (χ0n) is 9.78. The van der Waals surface area contributed by atoms with Crippen LogP contribution in [0.25, 0.3) is 21.9 Å². The molecule has 0 unspecified atom stereocenters. The summed E-state index contributed by atoms with van der Waals surface area (Å²) in [5.41, 5.74) is 2.27. The molecular formula is C16H8BrClO. The van der Waals surface area contributed by atoms with Gasteiger partial charge in [-0.3, -0.25) is 0 Å². The van der Waals surface area contributed by atoms with Crippen LogP contribution >= 0.6 is 27.5 Å². The molecule has 0 N–H and O–H groups in total. The van der Waals surface area contributed by atoms with Gasteiger partial charge in [-0.25, -0.2) is 0 Å². The van der Waals surface area contributed by atoms with Crippen LogP contribution in [0.1, 0.15) is 0 Å². The Labute approximate surface area is 123 Å². The summed E-state index contributed by atoms with van der Waals surface area (Å²) >= 11 is 9.64. The lowest BCUT2D eigenvalue weighted by Gasteiger charge is -2.21. The Morgan fingerprint density at radius 2 is 1.79 bits per heavy atom. The summed E-state index contributed by atoms with van der Waals surface area (Å²) in [5, 5.41) is 2.99. The number of ether oxygens (including phenoxy) is 1. The zero-order valence-corrected chi connectivity index (χ0v) is 12.1. The molecule has 0 amide bonds. The Hall–Kier alpha value is -1.51. The third kappa shape index (κ3) is 1.60. The molecule has 1 heterocycles. The molecule has 0 saturated heterocycles. The van der Waals surface area contributed by atoms with Crippen molar-refractivity contribution in [1.82, 2.24) is 0 Å². The number of rotatable bonds is 0. The molecule has 0 saturated carbocycles. The molecule has 0 radical (unpaired) electrons. The molecule has 0 fully saturated rings. The van der Waals surface area contributed by atoms with Crippen LogP contribution in [-0.4, -0.2) is 0 Å². The number of halogens is 2. The van der Waals surface area contributed by atoms with E-state index in [1.807, 2.05) is 30.3 Å². The molecule has 1 aliphatic rings. The van der Waals surface area contributed by atoms with Gasteiger partial charge in [0.2, 0.25) is 0 Å². The minimum absolute atomic E-state index is 0.687. The Morgan fingerprint density at radius 3 is 2.68 bits per heavy atom. The fraction of sp³-hybridized carbons (Fsp3) is 0. The van der Waals surface area contributed by atoms with Crippen molar-refractivity contribution in [2.45, 2.75) is 0 Å². The van der Waals surface area contributed by atoms with Crippen molar-refractivity contribution in [3.8, 4) is 22.6 Å². The summed E-state index contributed by atoms with van der Waals surface area (Å²) in [6, 6.07) is 16.0. The predicted molar refractivity (Wildman–Crippen MR) is 82.2 cm³/mol. The van der Waals surface area contributed by atoms with Crippen LogP contribution in [0, 0.1) is 0 Å². The highest BCUT2D eigenvalue weighted by atomic mass is 79.9. The van der Waals surface area contributed by atoms with E-state index in [0.29, 0.717) is 5.02 Å². The number of hydrogen-bond donors (Lipinski definition) is 0. The molecular weight excluding hydrogens is 324 g/mol. The zero-order chi connectivity index (χ0) is 13.0. The van der Waals surface area contributed by atoms with Crippen LogP contribution in [0.5, 0.6) is 11.5 Å². The second-order valence-corrected chi connectivity index (χ2v) is 5.81. The van der Waals surface area contributed by atoms with Crippen molar-refractivity contribution in [1.29, 1.82) is 0 Å².